The zero-order valence-electron chi connectivity index (χ0n) is 11.0. The van der Waals surface area contributed by atoms with Crippen molar-refractivity contribution in [3.63, 3.8) is 0 Å². The summed E-state index contributed by atoms with van der Waals surface area (Å²) in [4.78, 5) is 25.8. The molecule has 2 bridgehead atoms. The molecule has 1 N–H and O–H groups in total. The fourth-order valence-corrected chi connectivity index (χ4v) is 3.50. The maximum atomic E-state index is 12.6. The summed E-state index contributed by atoms with van der Waals surface area (Å²) in [5.41, 5.74) is 0. The number of rotatable bonds is 2. The van der Waals surface area contributed by atoms with Crippen LogP contribution in [0.2, 0.25) is 0 Å². The van der Waals surface area contributed by atoms with Crippen LogP contribution in [0.5, 0.6) is 0 Å². The Morgan fingerprint density at radius 3 is 2.58 bits per heavy atom. The summed E-state index contributed by atoms with van der Waals surface area (Å²) in [6.07, 6.45) is 4.96. The second kappa shape index (κ2) is 4.63. The fourth-order valence-electron chi connectivity index (χ4n) is 3.50. The lowest BCUT2D eigenvalue weighted by atomic mass is 9.81. The average Bonchev–Trinajstić information content (AvgIpc) is 2.97. The first-order valence-electron chi connectivity index (χ1n) is 6.93. The molecule has 0 unspecified atom stereocenters. The molecule has 0 radical (unpaired) electrons. The molecule has 0 saturated carbocycles. The van der Waals surface area contributed by atoms with Gasteiger partial charge in [-0.05, 0) is 18.8 Å². The number of likely N-dealkylation sites (tertiary alicyclic amines) is 1. The van der Waals surface area contributed by atoms with Gasteiger partial charge in [0.1, 0.15) is 5.92 Å². The van der Waals surface area contributed by atoms with Gasteiger partial charge in [-0.1, -0.05) is 19.1 Å². The normalized spacial score (nSPS) is 40.7. The predicted octanol–water partition coefficient (Wildman–Crippen LogP) is 0.899. The van der Waals surface area contributed by atoms with Gasteiger partial charge >= 0.3 is 5.97 Å². The van der Waals surface area contributed by atoms with Crippen LogP contribution in [-0.2, 0) is 14.3 Å². The molecule has 0 spiro atoms. The third-order valence-electron chi connectivity index (χ3n) is 4.44. The lowest BCUT2D eigenvalue weighted by Crippen LogP contribution is -2.48. The van der Waals surface area contributed by atoms with Gasteiger partial charge in [-0.3, -0.25) is 9.59 Å². The number of ether oxygens (including phenoxy) is 1. The maximum absolute atomic E-state index is 12.6. The van der Waals surface area contributed by atoms with Crippen LogP contribution >= 0.6 is 0 Å². The average molecular weight is 265 g/mol. The second-order valence-electron chi connectivity index (χ2n) is 5.87. The molecule has 0 aromatic heterocycles. The number of piperidine rings is 1. The summed E-state index contributed by atoms with van der Waals surface area (Å²) in [6.45, 7) is 3.61. The number of nitrogens with zero attached hydrogens (tertiary/aromatic N) is 1. The fraction of sp³-hybridized carbons (Fsp3) is 0.714. The van der Waals surface area contributed by atoms with Crippen molar-refractivity contribution in [2.24, 2.45) is 17.8 Å². The van der Waals surface area contributed by atoms with E-state index in [0.717, 1.165) is 25.9 Å². The number of carboxylic acids is 1. The number of carboxylic acid groups (broad SMARTS) is 1. The molecule has 3 aliphatic rings. The minimum Gasteiger partial charge on any atom is -0.481 e. The Hall–Kier alpha value is -1.36. The van der Waals surface area contributed by atoms with E-state index in [0.29, 0.717) is 5.92 Å². The Morgan fingerprint density at radius 2 is 1.95 bits per heavy atom. The maximum Gasteiger partial charge on any atom is 0.310 e. The van der Waals surface area contributed by atoms with Crippen molar-refractivity contribution >= 4 is 11.9 Å². The van der Waals surface area contributed by atoms with Gasteiger partial charge in [0, 0.05) is 13.1 Å². The monoisotopic (exact) mass is 265 g/mol. The lowest BCUT2D eigenvalue weighted by molar-refractivity contribution is -0.150. The van der Waals surface area contributed by atoms with E-state index in [2.05, 4.69) is 6.92 Å². The number of aliphatic carboxylic acids is 1. The van der Waals surface area contributed by atoms with E-state index >= 15 is 0 Å². The van der Waals surface area contributed by atoms with E-state index in [-0.39, 0.29) is 12.0 Å². The molecule has 3 aliphatic heterocycles. The molecule has 0 aromatic rings. The minimum atomic E-state index is -0.930. The molecule has 19 heavy (non-hydrogen) atoms. The highest BCUT2D eigenvalue weighted by Gasteiger charge is 2.54. The number of hydrogen-bond donors (Lipinski definition) is 1. The summed E-state index contributed by atoms with van der Waals surface area (Å²) < 4.78 is 5.56. The van der Waals surface area contributed by atoms with Crippen LogP contribution in [0.3, 0.4) is 0 Å². The highest BCUT2D eigenvalue weighted by Crippen LogP contribution is 2.40. The van der Waals surface area contributed by atoms with Crippen molar-refractivity contribution in [3.8, 4) is 0 Å². The first-order chi connectivity index (χ1) is 9.08. The highest BCUT2D eigenvalue weighted by atomic mass is 16.5. The molecule has 5 atom stereocenters. The van der Waals surface area contributed by atoms with Crippen molar-refractivity contribution in [2.75, 3.05) is 13.1 Å². The van der Waals surface area contributed by atoms with Crippen LogP contribution in [0, 0.1) is 17.8 Å². The molecular weight excluding hydrogens is 246 g/mol. The van der Waals surface area contributed by atoms with Crippen molar-refractivity contribution in [1.29, 1.82) is 0 Å². The smallest absolute Gasteiger partial charge is 0.310 e. The quantitative estimate of drug-likeness (QED) is 0.753. The van der Waals surface area contributed by atoms with Gasteiger partial charge in [0.25, 0.3) is 0 Å². The van der Waals surface area contributed by atoms with Crippen molar-refractivity contribution < 1.29 is 19.4 Å². The highest BCUT2D eigenvalue weighted by molar-refractivity contribution is 5.87. The summed E-state index contributed by atoms with van der Waals surface area (Å²) in [6, 6.07) is 0. The molecular formula is C14H19NO4. The third kappa shape index (κ3) is 2.06. The van der Waals surface area contributed by atoms with Crippen LogP contribution in [0.4, 0.5) is 0 Å². The lowest BCUT2D eigenvalue weighted by Gasteiger charge is -2.34. The van der Waals surface area contributed by atoms with Crippen molar-refractivity contribution in [1.82, 2.24) is 4.90 Å². The Morgan fingerprint density at radius 1 is 1.26 bits per heavy atom. The molecule has 1 amide bonds. The Balaban J connectivity index is 1.78. The van der Waals surface area contributed by atoms with E-state index in [9.17, 15) is 14.7 Å². The van der Waals surface area contributed by atoms with Crippen molar-refractivity contribution in [3.05, 3.63) is 12.2 Å². The zero-order valence-corrected chi connectivity index (χ0v) is 11.0. The minimum absolute atomic E-state index is 0.0456. The van der Waals surface area contributed by atoms with E-state index in [1.165, 1.54) is 0 Å². The summed E-state index contributed by atoms with van der Waals surface area (Å²) in [7, 11) is 0. The Kier molecular flexibility index (Phi) is 3.09. The predicted molar refractivity (Wildman–Crippen MR) is 67.4 cm³/mol. The number of fused-ring (bicyclic) bond motifs is 2. The number of amides is 1. The van der Waals surface area contributed by atoms with Gasteiger partial charge in [-0.25, -0.2) is 0 Å². The number of carbonyl (C=O) groups excluding carboxylic acids is 1. The van der Waals surface area contributed by atoms with Gasteiger partial charge < -0.3 is 14.7 Å². The van der Waals surface area contributed by atoms with Crippen LogP contribution in [0.15, 0.2) is 12.2 Å². The summed E-state index contributed by atoms with van der Waals surface area (Å²) in [5.74, 6) is -1.75. The largest absolute Gasteiger partial charge is 0.481 e. The van der Waals surface area contributed by atoms with Crippen LogP contribution in [0.1, 0.15) is 19.8 Å². The second-order valence-corrected chi connectivity index (χ2v) is 5.87. The zero-order chi connectivity index (χ0) is 13.6. The van der Waals surface area contributed by atoms with Crippen LogP contribution < -0.4 is 0 Å². The number of hydrogen-bond acceptors (Lipinski definition) is 3. The Labute approximate surface area is 112 Å². The molecule has 104 valence electrons. The van der Waals surface area contributed by atoms with Gasteiger partial charge in [-0.15, -0.1) is 0 Å². The van der Waals surface area contributed by atoms with Gasteiger partial charge in [-0.2, -0.15) is 0 Å². The van der Waals surface area contributed by atoms with Gasteiger partial charge in [0.2, 0.25) is 5.91 Å². The molecule has 2 saturated heterocycles. The van der Waals surface area contributed by atoms with E-state index in [1.54, 1.807) is 6.08 Å². The third-order valence-corrected chi connectivity index (χ3v) is 4.44. The topological polar surface area (TPSA) is 66.8 Å². The number of carbonyl (C=O) groups is 2. The van der Waals surface area contributed by atoms with E-state index < -0.39 is 23.9 Å². The molecule has 3 rings (SSSR count). The summed E-state index contributed by atoms with van der Waals surface area (Å²) in [5, 5.41) is 9.32. The first kappa shape index (κ1) is 12.7. The van der Waals surface area contributed by atoms with Crippen LogP contribution in [-0.4, -0.2) is 47.2 Å². The molecule has 2 fully saturated rings. The van der Waals surface area contributed by atoms with Gasteiger partial charge in [0.15, 0.2) is 0 Å². The SMILES string of the molecule is C[C@@H]1CCCN(C(=O)[C@H]2[C@H](C(=O)O)[C@H]3C=C[C@H]2O3)C1. The summed E-state index contributed by atoms with van der Waals surface area (Å²) >= 11 is 0. The first-order valence-corrected chi connectivity index (χ1v) is 6.93. The standard InChI is InChI=1S/C14H19NO4/c1-8-3-2-6-15(7-8)13(16)11-9-4-5-10(19-9)12(11)14(17)18/h4-5,8-12H,2-3,6-7H2,1H3,(H,17,18)/t8-,9-,10-,11-,12-/m1/s1. The molecule has 5 nitrogen and oxygen atoms in total. The van der Waals surface area contributed by atoms with Crippen molar-refractivity contribution in [2.45, 2.75) is 32.0 Å². The molecule has 0 aliphatic carbocycles. The molecule has 3 heterocycles. The molecule has 0 aromatic carbocycles. The molecule has 5 heteroatoms. The van der Waals surface area contributed by atoms with Crippen LogP contribution in [0.25, 0.3) is 0 Å². The van der Waals surface area contributed by atoms with E-state index in [1.807, 2.05) is 11.0 Å². The van der Waals surface area contributed by atoms with E-state index in [4.69, 9.17) is 4.74 Å². The Bertz CT molecular complexity index is 433. The van der Waals surface area contributed by atoms with Gasteiger partial charge in [0.05, 0.1) is 18.1 Å².